The molecule has 1 heterocycles. The first-order chi connectivity index (χ1) is 15.7. The zero-order chi connectivity index (χ0) is 21.9. The van der Waals surface area contributed by atoms with Crippen LogP contribution in [0.15, 0.2) is 102 Å². The average Bonchev–Trinajstić information content (AvgIpc) is 3.17. The Kier molecular flexibility index (Phi) is 5.09. The highest BCUT2D eigenvalue weighted by atomic mass is 16.6. The van der Waals surface area contributed by atoms with Gasteiger partial charge < -0.3 is 4.57 Å². The van der Waals surface area contributed by atoms with Gasteiger partial charge in [0, 0.05) is 41.3 Å². The number of non-ortho nitro benzene ring substituents is 1. The molecule has 0 bridgehead atoms. The van der Waals surface area contributed by atoms with Crippen LogP contribution in [0.4, 0.5) is 11.4 Å². The van der Waals surface area contributed by atoms with E-state index in [4.69, 9.17) is 0 Å². The molecule has 6 heteroatoms. The van der Waals surface area contributed by atoms with E-state index in [0.29, 0.717) is 5.69 Å². The summed E-state index contributed by atoms with van der Waals surface area (Å²) < 4.78 is 2.23. The summed E-state index contributed by atoms with van der Waals surface area (Å²) >= 11 is 0. The lowest BCUT2D eigenvalue weighted by atomic mass is 10.1. The summed E-state index contributed by atoms with van der Waals surface area (Å²) in [5, 5.41) is 18.7. The van der Waals surface area contributed by atoms with Gasteiger partial charge >= 0.3 is 0 Å². The van der Waals surface area contributed by atoms with Gasteiger partial charge in [-0.3, -0.25) is 15.5 Å². The van der Waals surface area contributed by atoms with Crippen molar-refractivity contribution >= 4 is 39.3 Å². The van der Waals surface area contributed by atoms with Crippen LogP contribution >= 0.6 is 0 Å². The van der Waals surface area contributed by atoms with E-state index in [1.54, 1.807) is 18.3 Å². The van der Waals surface area contributed by atoms with Gasteiger partial charge in [-0.15, -0.1) is 0 Å². The van der Waals surface area contributed by atoms with Crippen LogP contribution < -0.4 is 5.43 Å². The molecule has 0 aliphatic carbocycles. The molecule has 4 aromatic carbocycles. The number of fused-ring (bicyclic) bond motifs is 2. The summed E-state index contributed by atoms with van der Waals surface area (Å²) in [6, 6.07) is 29.3. The Labute approximate surface area is 184 Å². The largest absolute Gasteiger partial charge is 0.342 e. The zero-order valence-electron chi connectivity index (χ0n) is 17.2. The summed E-state index contributed by atoms with van der Waals surface area (Å²) in [6.45, 7) is 0.759. The molecule has 0 saturated carbocycles. The third kappa shape index (κ3) is 3.94. The number of nitrogens with one attached hydrogen (secondary N) is 1. The van der Waals surface area contributed by atoms with Crippen molar-refractivity contribution in [3.63, 3.8) is 0 Å². The lowest BCUT2D eigenvalue weighted by Gasteiger charge is -2.07. The summed E-state index contributed by atoms with van der Waals surface area (Å²) in [6.07, 6.45) is 3.88. The number of hydrogen-bond acceptors (Lipinski definition) is 4. The van der Waals surface area contributed by atoms with Gasteiger partial charge in [0.05, 0.1) is 16.8 Å². The quantitative estimate of drug-likeness (QED) is 0.202. The fourth-order valence-corrected chi connectivity index (χ4v) is 3.88. The maximum atomic E-state index is 10.8. The highest BCUT2D eigenvalue weighted by Crippen LogP contribution is 2.23. The molecule has 0 saturated heterocycles. The van der Waals surface area contributed by atoms with Crippen LogP contribution in [0.25, 0.3) is 21.7 Å². The maximum absolute atomic E-state index is 10.8. The van der Waals surface area contributed by atoms with Crippen molar-refractivity contribution in [3.8, 4) is 0 Å². The van der Waals surface area contributed by atoms with Crippen LogP contribution in [-0.2, 0) is 6.54 Å². The molecule has 0 fully saturated rings. The van der Waals surface area contributed by atoms with Crippen LogP contribution in [-0.4, -0.2) is 15.7 Å². The van der Waals surface area contributed by atoms with Gasteiger partial charge in [0.2, 0.25) is 0 Å². The van der Waals surface area contributed by atoms with Crippen LogP contribution in [0.2, 0.25) is 0 Å². The molecule has 0 aliphatic rings. The topological polar surface area (TPSA) is 72.5 Å². The first kappa shape index (κ1) is 19.5. The second-order valence-electron chi connectivity index (χ2n) is 7.58. The number of hydrazone groups is 1. The van der Waals surface area contributed by atoms with Gasteiger partial charge in [0.25, 0.3) is 5.69 Å². The molecule has 1 N–H and O–H groups in total. The van der Waals surface area contributed by atoms with Crippen molar-refractivity contribution in [2.45, 2.75) is 6.54 Å². The standard InChI is InChI=1S/C26H20N4O2/c31-30(32)24-13-11-23(12-14-24)28-27-16-22-18-29(26-8-4-3-7-25(22)26)17-19-9-10-20-5-1-2-6-21(20)15-19/h1-16,18,28H,17H2/b27-16+. The van der Waals surface area contributed by atoms with E-state index in [-0.39, 0.29) is 5.69 Å². The Morgan fingerprint density at radius 3 is 2.47 bits per heavy atom. The average molecular weight is 420 g/mol. The highest BCUT2D eigenvalue weighted by Gasteiger charge is 2.08. The van der Waals surface area contributed by atoms with E-state index < -0.39 is 4.92 Å². The molecule has 0 atom stereocenters. The molecule has 0 aliphatic heterocycles. The van der Waals surface area contributed by atoms with E-state index in [1.807, 2.05) is 12.1 Å². The lowest BCUT2D eigenvalue weighted by molar-refractivity contribution is -0.384. The molecule has 0 spiro atoms. The zero-order valence-corrected chi connectivity index (χ0v) is 17.2. The molecule has 0 unspecified atom stereocenters. The summed E-state index contributed by atoms with van der Waals surface area (Å²) in [4.78, 5) is 10.4. The fraction of sp³-hybridized carbons (Fsp3) is 0.0385. The van der Waals surface area contributed by atoms with E-state index in [1.165, 1.54) is 28.5 Å². The first-order valence-corrected chi connectivity index (χ1v) is 10.3. The van der Waals surface area contributed by atoms with Crippen molar-refractivity contribution in [1.29, 1.82) is 0 Å². The van der Waals surface area contributed by atoms with Crippen LogP contribution in [0.5, 0.6) is 0 Å². The summed E-state index contributed by atoms with van der Waals surface area (Å²) in [5.41, 5.74) is 7.05. The molecule has 156 valence electrons. The predicted molar refractivity (Wildman–Crippen MR) is 129 cm³/mol. The number of hydrogen-bond donors (Lipinski definition) is 1. The first-order valence-electron chi connectivity index (χ1n) is 10.3. The van der Waals surface area contributed by atoms with Crippen molar-refractivity contribution in [2.75, 3.05) is 5.43 Å². The maximum Gasteiger partial charge on any atom is 0.269 e. The van der Waals surface area contributed by atoms with Gasteiger partial charge in [-0.05, 0) is 40.6 Å². The molecule has 5 rings (SSSR count). The predicted octanol–water partition coefficient (Wildman–Crippen LogP) is 6.20. The Morgan fingerprint density at radius 1 is 0.906 bits per heavy atom. The minimum absolute atomic E-state index is 0.0521. The number of para-hydroxylation sites is 1. The Balaban J connectivity index is 1.40. The number of nitrogens with zero attached hydrogens (tertiary/aromatic N) is 3. The fourth-order valence-electron chi connectivity index (χ4n) is 3.88. The highest BCUT2D eigenvalue weighted by molar-refractivity contribution is 5.99. The van der Waals surface area contributed by atoms with E-state index >= 15 is 0 Å². The summed E-state index contributed by atoms with van der Waals surface area (Å²) in [7, 11) is 0. The third-order valence-electron chi connectivity index (χ3n) is 5.46. The van der Waals surface area contributed by atoms with Crippen LogP contribution in [0.3, 0.4) is 0 Å². The number of benzene rings is 4. The molecule has 0 amide bonds. The van der Waals surface area contributed by atoms with E-state index in [9.17, 15) is 10.1 Å². The molecule has 5 aromatic rings. The van der Waals surface area contributed by atoms with Crippen LogP contribution in [0, 0.1) is 10.1 Å². The van der Waals surface area contributed by atoms with Gasteiger partial charge in [0.1, 0.15) is 0 Å². The summed E-state index contributed by atoms with van der Waals surface area (Å²) in [5.74, 6) is 0. The van der Waals surface area contributed by atoms with Gasteiger partial charge in [-0.2, -0.15) is 5.10 Å². The molecular weight excluding hydrogens is 400 g/mol. The van der Waals surface area contributed by atoms with Crippen molar-refractivity contribution in [2.24, 2.45) is 5.10 Å². The molecule has 6 nitrogen and oxygen atoms in total. The van der Waals surface area contributed by atoms with Crippen LogP contribution in [0.1, 0.15) is 11.1 Å². The molecule has 1 aromatic heterocycles. The van der Waals surface area contributed by atoms with E-state index in [2.05, 4.69) is 75.9 Å². The second kappa shape index (κ2) is 8.35. The number of aromatic nitrogens is 1. The Hall–Kier alpha value is -4.45. The Morgan fingerprint density at radius 2 is 1.66 bits per heavy atom. The van der Waals surface area contributed by atoms with Crippen molar-refractivity contribution in [1.82, 2.24) is 4.57 Å². The monoisotopic (exact) mass is 420 g/mol. The number of anilines is 1. The smallest absolute Gasteiger partial charge is 0.269 e. The normalized spacial score (nSPS) is 11.4. The number of rotatable bonds is 6. The minimum atomic E-state index is -0.419. The van der Waals surface area contributed by atoms with Crippen molar-refractivity contribution < 1.29 is 4.92 Å². The minimum Gasteiger partial charge on any atom is -0.342 e. The third-order valence-corrected chi connectivity index (χ3v) is 5.46. The number of nitro benzene ring substituents is 1. The molecular formula is C26H20N4O2. The van der Waals surface area contributed by atoms with Gasteiger partial charge in [-0.1, -0.05) is 54.6 Å². The van der Waals surface area contributed by atoms with Gasteiger partial charge in [0.15, 0.2) is 0 Å². The molecule has 0 radical (unpaired) electrons. The second-order valence-corrected chi connectivity index (χ2v) is 7.58. The SMILES string of the molecule is O=[N+]([O-])c1ccc(N/N=C/c2cn(Cc3ccc4ccccc4c3)c3ccccc23)cc1. The van der Waals surface area contributed by atoms with Crippen molar-refractivity contribution in [3.05, 3.63) is 118 Å². The molecule has 32 heavy (non-hydrogen) atoms. The number of nitro groups is 1. The Bertz CT molecular complexity index is 1450. The van der Waals surface area contributed by atoms with E-state index in [0.717, 1.165) is 23.0 Å². The van der Waals surface area contributed by atoms with Gasteiger partial charge in [-0.25, -0.2) is 0 Å². The lowest BCUT2D eigenvalue weighted by Crippen LogP contribution is -1.97.